The Morgan fingerprint density at radius 1 is 1.04 bits per heavy atom. The predicted molar refractivity (Wildman–Crippen MR) is 87.0 cm³/mol. The fourth-order valence-electron chi connectivity index (χ4n) is 2.38. The van der Waals surface area contributed by atoms with Gasteiger partial charge in [0.05, 0.1) is 16.1 Å². The molecule has 0 spiro atoms. The number of hydrogen-bond donors (Lipinski definition) is 1. The van der Waals surface area contributed by atoms with Gasteiger partial charge in [0.15, 0.2) is 0 Å². The maximum absolute atomic E-state index is 12.3. The summed E-state index contributed by atoms with van der Waals surface area (Å²) in [5.74, 6) is -1.24. The topological polar surface area (TPSA) is 113 Å². The first-order valence-electron chi connectivity index (χ1n) is 7.17. The Bertz CT molecular complexity index is 859. The number of nitro groups is 1. The van der Waals surface area contributed by atoms with Gasteiger partial charge in [-0.15, -0.1) is 0 Å². The van der Waals surface area contributed by atoms with Gasteiger partial charge in [-0.1, -0.05) is 12.1 Å². The summed E-state index contributed by atoms with van der Waals surface area (Å²) < 4.78 is 0. The van der Waals surface area contributed by atoms with E-state index in [1.54, 1.807) is 12.1 Å². The van der Waals surface area contributed by atoms with Crippen molar-refractivity contribution in [2.24, 2.45) is 0 Å². The second-order valence-corrected chi connectivity index (χ2v) is 5.24. The van der Waals surface area contributed by atoms with Crippen molar-refractivity contribution >= 4 is 29.2 Å². The zero-order valence-electron chi connectivity index (χ0n) is 13.0. The molecule has 0 radical (unpaired) electrons. The van der Waals surface area contributed by atoms with E-state index in [-0.39, 0.29) is 16.8 Å². The summed E-state index contributed by atoms with van der Waals surface area (Å²) in [6.45, 7) is 0. The van der Waals surface area contributed by atoms with Crippen LogP contribution in [-0.4, -0.2) is 34.8 Å². The second kappa shape index (κ2) is 6.04. The van der Waals surface area contributed by atoms with Crippen molar-refractivity contribution in [1.29, 1.82) is 0 Å². The van der Waals surface area contributed by atoms with Gasteiger partial charge >= 0.3 is 6.03 Å². The van der Waals surface area contributed by atoms with Crippen LogP contribution in [-0.2, 0) is 0 Å². The summed E-state index contributed by atoms with van der Waals surface area (Å²) in [5, 5.41) is 11.3. The van der Waals surface area contributed by atoms with Gasteiger partial charge in [-0.2, -0.15) is 5.01 Å². The Morgan fingerprint density at radius 3 is 2.04 bits per heavy atom. The molecule has 25 heavy (non-hydrogen) atoms. The molecule has 0 aromatic heterocycles. The summed E-state index contributed by atoms with van der Waals surface area (Å²) in [6, 6.07) is 10.8. The Morgan fingerprint density at radius 2 is 1.56 bits per heavy atom. The van der Waals surface area contributed by atoms with Crippen LogP contribution in [0, 0.1) is 10.1 Å². The molecule has 1 N–H and O–H groups in total. The van der Waals surface area contributed by atoms with E-state index in [1.165, 1.54) is 43.4 Å². The van der Waals surface area contributed by atoms with Crippen LogP contribution in [0.5, 0.6) is 0 Å². The minimum Gasteiger partial charge on any atom is -0.296 e. The number of nitrogens with one attached hydrogen (secondary N) is 1. The van der Waals surface area contributed by atoms with Crippen LogP contribution >= 0.6 is 0 Å². The molecule has 0 atom stereocenters. The van der Waals surface area contributed by atoms with E-state index in [0.29, 0.717) is 10.7 Å². The Labute approximate surface area is 141 Å². The average molecular weight is 340 g/mol. The maximum atomic E-state index is 12.3. The van der Waals surface area contributed by atoms with Crippen molar-refractivity contribution in [3.05, 3.63) is 69.8 Å². The standard InChI is InChI=1S/C16H12N4O5/c1-18(10-6-8-11(9-7-10)20(24)25)16(23)17-19-14(21)12-4-2-3-5-13(12)15(19)22/h2-9H,1H3,(H,17,23). The third kappa shape index (κ3) is 2.78. The quantitative estimate of drug-likeness (QED) is 0.521. The van der Waals surface area contributed by atoms with Crippen molar-refractivity contribution < 1.29 is 19.3 Å². The summed E-state index contributed by atoms with van der Waals surface area (Å²) in [6.07, 6.45) is 0. The van der Waals surface area contributed by atoms with E-state index in [0.717, 1.165) is 4.90 Å². The van der Waals surface area contributed by atoms with Crippen molar-refractivity contribution in [3.63, 3.8) is 0 Å². The Kier molecular flexibility index (Phi) is 3.89. The van der Waals surface area contributed by atoms with Crippen molar-refractivity contribution in [2.75, 3.05) is 11.9 Å². The van der Waals surface area contributed by atoms with Crippen LogP contribution < -0.4 is 10.3 Å². The lowest BCUT2D eigenvalue weighted by molar-refractivity contribution is -0.384. The fraction of sp³-hybridized carbons (Fsp3) is 0.0625. The van der Waals surface area contributed by atoms with E-state index in [2.05, 4.69) is 5.43 Å². The second-order valence-electron chi connectivity index (χ2n) is 5.24. The van der Waals surface area contributed by atoms with Crippen LogP contribution in [0.3, 0.4) is 0 Å². The molecule has 0 saturated heterocycles. The minimum atomic E-state index is -0.733. The van der Waals surface area contributed by atoms with Crippen LogP contribution in [0.25, 0.3) is 0 Å². The number of urea groups is 1. The van der Waals surface area contributed by atoms with Gasteiger partial charge in [0.2, 0.25) is 0 Å². The normalized spacial score (nSPS) is 12.8. The van der Waals surface area contributed by atoms with Gasteiger partial charge in [-0.05, 0) is 24.3 Å². The number of fused-ring (bicyclic) bond motifs is 1. The van der Waals surface area contributed by atoms with Crippen LogP contribution in [0.4, 0.5) is 16.2 Å². The first kappa shape index (κ1) is 16.1. The van der Waals surface area contributed by atoms with E-state index in [9.17, 15) is 24.5 Å². The third-order valence-electron chi connectivity index (χ3n) is 3.75. The molecule has 1 aliphatic heterocycles. The molecule has 4 amide bonds. The molecule has 3 rings (SSSR count). The number of benzene rings is 2. The van der Waals surface area contributed by atoms with Gasteiger partial charge in [-0.3, -0.25) is 24.6 Å². The molecule has 0 aliphatic carbocycles. The maximum Gasteiger partial charge on any atom is 0.340 e. The van der Waals surface area contributed by atoms with E-state index in [4.69, 9.17) is 0 Å². The highest BCUT2D eigenvalue weighted by Crippen LogP contribution is 2.22. The number of nitro benzene ring substituents is 1. The molecule has 0 saturated carbocycles. The third-order valence-corrected chi connectivity index (χ3v) is 3.75. The molecular weight excluding hydrogens is 328 g/mol. The molecule has 1 aliphatic rings. The number of anilines is 1. The molecule has 0 unspecified atom stereocenters. The monoisotopic (exact) mass is 340 g/mol. The first-order valence-corrected chi connectivity index (χ1v) is 7.17. The van der Waals surface area contributed by atoms with Crippen LogP contribution in [0.15, 0.2) is 48.5 Å². The highest BCUT2D eigenvalue weighted by Gasteiger charge is 2.37. The highest BCUT2D eigenvalue weighted by atomic mass is 16.6. The number of nitrogens with zero attached hydrogens (tertiary/aromatic N) is 3. The summed E-state index contributed by atoms with van der Waals surface area (Å²) in [7, 11) is 1.41. The van der Waals surface area contributed by atoms with E-state index < -0.39 is 22.8 Å². The number of imide groups is 1. The number of carbonyl (C=O) groups is 3. The number of rotatable bonds is 3. The highest BCUT2D eigenvalue weighted by molar-refractivity contribution is 6.21. The molecule has 2 aromatic carbocycles. The van der Waals surface area contributed by atoms with Gasteiger partial charge in [0.25, 0.3) is 17.5 Å². The van der Waals surface area contributed by atoms with Crippen LogP contribution in [0.2, 0.25) is 0 Å². The number of carbonyl (C=O) groups excluding carboxylic acids is 3. The lowest BCUT2D eigenvalue weighted by atomic mass is 10.1. The van der Waals surface area contributed by atoms with E-state index >= 15 is 0 Å². The summed E-state index contributed by atoms with van der Waals surface area (Å²) in [4.78, 5) is 48.0. The molecule has 126 valence electrons. The van der Waals surface area contributed by atoms with Gasteiger partial charge in [0.1, 0.15) is 0 Å². The molecule has 9 heteroatoms. The Hall–Kier alpha value is -3.75. The Balaban J connectivity index is 1.75. The molecule has 2 aromatic rings. The van der Waals surface area contributed by atoms with Crippen LogP contribution in [0.1, 0.15) is 20.7 Å². The zero-order chi connectivity index (χ0) is 18.1. The van der Waals surface area contributed by atoms with Crippen molar-refractivity contribution in [3.8, 4) is 0 Å². The SMILES string of the molecule is CN(C(=O)NN1C(=O)c2ccccc2C1=O)c1ccc([N+](=O)[O-])cc1. The largest absolute Gasteiger partial charge is 0.340 e. The van der Waals surface area contributed by atoms with Crippen molar-refractivity contribution in [1.82, 2.24) is 10.4 Å². The summed E-state index contributed by atoms with van der Waals surface area (Å²) in [5.41, 5.74) is 2.92. The van der Waals surface area contributed by atoms with E-state index in [1.807, 2.05) is 0 Å². The lowest BCUT2D eigenvalue weighted by Gasteiger charge is -2.21. The predicted octanol–water partition coefficient (Wildman–Crippen LogP) is 1.95. The first-order chi connectivity index (χ1) is 11.9. The number of hydrazine groups is 1. The minimum absolute atomic E-state index is 0.113. The van der Waals surface area contributed by atoms with Gasteiger partial charge in [0, 0.05) is 24.9 Å². The van der Waals surface area contributed by atoms with Crippen molar-refractivity contribution in [2.45, 2.75) is 0 Å². The number of non-ortho nitro benzene ring substituents is 1. The molecular formula is C16H12N4O5. The average Bonchev–Trinajstić information content (AvgIpc) is 2.86. The number of hydrogen-bond acceptors (Lipinski definition) is 5. The fourth-order valence-corrected chi connectivity index (χ4v) is 2.38. The zero-order valence-corrected chi connectivity index (χ0v) is 13.0. The molecule has 1 heterocycles. The summed E-state index contributed by atoms with van der Waals surface area (Å²) >= 11 is 0. The number of amides is 4. The van der Waals surface area contributed by atoms with Gasteiger partial charge < -0.3 is 0 Å². The molecule has 0 fully saturated rings. The lowest BCUT2D eigenvalue weighted by Crippen LogP contribution is -2.50. The molecule has 0 bridgehead atoms. The van der Waals surface area contributed by atoms with Gasteiger partial charge in [-0.25, -0.2) is 10.2 Å². The molecule has 9 nitrogen and oxygen atoms in total. The smallest absolute Gasteiger partial charge is 0.296 e.